The Hall–Kier alpha value is -2.20. The molecular weight excluding hydrogens is 288 g/mol. The zero-order chi connectivity index (χ0) is 16.5. The van der Waals surface area contributed by atoms with Crippen molar-refractivity contribution < 1.29 is 9.47 Å². The number of nitrogens with two attached hydrogens (primary N) is 1. The first-order valence-corrected chi connectivity index (χ1v) is 8.00. The molecule has 0 aromatic heterocycles. The summed E-state index contributed by atoms with van der Waals surface area (Å²) in [6.45, 7) is 1.44. The minimum Gasteiger partial charge on any atom is -0.493 e. The molecule has 0 saturated heterocycles. The van der Waals surface area contributed by atoms with Crippen LogP contribution in [0.2, 0.25) is 0 Å². The quantitative estimate of drug-likeness (QED) is 0.746. The first-order valence-electron chi connectivity index (χ1n) is 8.00. The predicted octanol–water partition coefficient (Wildman–Crippen LogP) is 3.25. The summed E-state index contributed by atoms with van der Waals surface area (Å²) in [5, 5.41) is 3.32. The third-order valence-corrected chi connectivity index (χ3v) is 3.78. The van der Waals surface area contributed by atoms with Crippen molar-refractivity contribution in [3.8, 4) is 11.5 Å². The molecule has 4 nitrogen and oxygen atoms in total. The molecule has 2 rings (SSSR count). The number of anilines is 1. The Bertz CT molecular complexity index is 614. The standard InChI is InChI=1S/C19H26N2O2/c1-22-18-10-9-16(14-19(18)23-2)6-3-5-15-7-4-8-17(13-15)21-12-11-20/h4,7-10,13-14,21H,3,5-6,11-12,20H2,1-2H3. The van der Waals surface area contributed by atoms with Crippen LogP contribution < -0.4 is 20.5 Å². The predicted molar refractivity (Wildman–Crippen MR) is 95.6 cm³/mol. The Labute approximate surface area is 138 Å². The van der Waals surface area contributed by atoms with Gasteiger partial charge in [0, 0.05) is 18.8 Å². The van der Waals surface area contributed by atoms with E-state index in [1.807, 2.05) is 6.07 Å². The van der Waals surface area contributed by atoms with Crippen LogP contribution in [0.5, 0.6) is 11.5 Å². The van der Waals surface area contributed by atoms with E-state index in [-0.39, 0.29) is 0 Å². The first-order chi connectivity index (χ1) is 11.3. The maximum absolute atomic E-state index is 5.52. The van der Waals surface area contributed by atoms with Gasteiger partial charge in [-0.05, 0) is 54.7 Å². The molecule has 0 heterocycles. The molecule has 0 saturated carbocycles. The molecule has 0 atom stereocenters. The second-order valence-corrected chi connectivity index (χ2v) is 5.46. The summed E-state index contributed by atoms with van der Waals surface area (Å²) in [5.74, 6) is 1.56. The van der Waals surface area contributed by atoms with Crippen molar-refractivity contribution in [2.75, 3.05) is 32.6 Å². The smallest absolute Gasteiger partial charge is 0.160 e. The number of aryl methyl sites for hydroxylation is 2. The highest BCUT2D eigenvalue weighted by molar-refractivity contribution is 5.46. The summed E-state index contributed by atoms with van der Waals surface area (Å²) in [5.41, 5.74) is 9.26. The van der Waals surface area contributed by atoms with E-state index in [1.165, 1.54) is 11.1 Å². The van der Waals surface area contributed by atoms with E-state index >= 15 is 0 Å². The van der Waals surface area contributed by atoms with Gasteiger partial charge in [-0.15, -0.1) is 0 Å². The van der Waals surface area contributed by atoms with Crippen molar-refractivity contribution in [1.29, 1.82) is 0 Å². The fourth-order valence-corrected chi connectivity index (χ4v) is 2.59. The number of hydrogen-bond acceptors (Lipinski definition) is 4. The molecule has 0 aliphatic rings. The Morgan fingerprint density at radius 3 is 2.35 bits per heavy atom. The van der Waals surface area contributed by atoms with Crippen molar-refractivity contribution in [2.45, 2.75) is 19.3 Å². The van der Waals surface area contributed by atoms with Crippen LogP contribution in [0.15, 0.2) is 42.5 Å². The van der Waals surface area contributed by atoms with Gasteiger partial charge >= 0.3 is 0 Å². The van der Waals surface area contributed by atoms with E-state index in [4.69, 9.17) is 15.2 Å². The van der Waals surface area contributed by atoms with Gasteiger partial charge in [0.15, 0.2) is 11.5 Å². The maximum atomic E-state index is 5.52. The number of ether oxygens (including phenoxy) is 2. The fraction of sp³-hybridized carbons (Fsp3) is 0.368. The molecule has 0 spiro atoms. The van der Waals surface area contributed by atoms with Crippen LogP contribution in [0.3, 0.4) is 0 Å². The van der Waals surface area contributed by atoms with Crippen molar-refractivity contribution in [2.24, 2.45) is 5.73 Å². The Balaban J connectivity index is 1.89. The normalized spacial score (nSPS) is 10.4. The summed E-state index contributed by atoms with van der Waals surface area (Å²) in [7, 11) is 3.32. The molecule has 0 amide bonds. The number of rotatable bonds is 9. The molecule has 0 unspecified atom stereocenters. The van der Waals surface area contributed by atoms with E-state index in [0.29, 0.717) is 6.54 Å². The molecular formula is C19H26N2O2. The van der Waals surface area contributed by atoms with E-state index in [0.717, 1.165) is 43.0 Å². The monoisotopic (exact) mass is 314 g/mol. The topological polar surface area (TPSA) is 56.5 Å². The van der Waals surface area contributed by atoms with Gasteiger partial charge in [0.1, 0.15) is 0 Å². The van der Waals surface area contributed by atoms with Gasteiger partial charge in [-0.3, -0.25) is 0 Å². The van der Waals surface area contributed by atoms with Gasteiger partial charge in [0.25, 0.3) is 0 Å². The van der Waals surface area contributed by atoms with Crippen LogP contribution in [0.1, 0.15) is 17.5 Å². The molecule has 0 fully saturated rings. The van der Waals surface area contributed by atoms with Gasteiger partial charge in [0.05, 0.1) is 14.2 Å². The lowest BCUT2D eigenvalue weighted by molar-refractivity contribution is 0.354. The van der Waals surface area contributed by atoms with Crippen molar-refractivity contribution in [3.63, 3.8) is 0 Å². The lowest BCUT2D eigenvalue weighted by atomic mass is 10.0. The number of nitrogens with one attached hydrogen (secondary N) is 1. The summed E-state index contributed by atoms with van der Waals surface area (Å²) < 4.78 is 10.6. The number of hydrogen-bond donors (Lipinski definition) is 2. The minimum absolute atomic E-state index is 0.642. The molecule has 124 valence electrons. The van der Waals surface area contributed by atoms with Crippen LogP contribution >= 0.6 is 0 Å². The van der Waals surface area contributed by atoms with Crippen molar-refractivity contribution >= 4 is 5.69 Å². The largest absolute Gasteiger partial charge is 0.493 e. The Morgan fingerprint density at radius 2 is 1.65 bits per heavy atom. The molecule has 0 bridgehead atoms. The van der Waals surface area contributed by atoms with Gasteiger partial charge in [0.2, 0.25) is 0 Å². The Kier molecular flexibility index (Phi) is 6.76. The Morgan fingerprint density at radius 1 is 0.913 bits per heavy atom. The lowest BCUT2D eigenvalue weighted by Crippen LogP contribution is -2.13. The molecule has 2 aromatic carbocycles. The van der Waals surface area contributed by atoms with E-state index < -0.39 is 0 Å². The zero-order valence-corrected chi connectivity index (χ0v) is 14.0. The lowest BCUT2D eigenvalue weighted by Gasteiger charge is -2.10. The van der Waals surface area contributed by atoms with Gasteiger partial charge in [-0.25, -0.2) is 0 Å². The summed E-state index contributed by atoms with van der Waals surface area (Å²) in [6, 6.07) is 14.6. The average molecular weight is 314 g/mol. The van der Waals surface area contributed by atoms with Crippen molar-refractivity contribution in [1.82, 2.24) is 0 Å². The van der Waals surface area contributed by atoms with Crippen LogP contribution in [-0.4, -0.2) is 27.3 Å². The fourth-order valence-electron chi connectivity index (χ4n) is 2.59. The summed E-state index contributed by atoms with van der Waals surface area (Å²) in [4.78, 5) is 0. The number of methoxy groups -OCH3 is 2. The third-order valence-electron chi connectivity index (χ3n) is 3.78. The molecule has 0 aliphatic carbocycles. The second-order valence-electron chi connectivity index (χ2n) is 5.46. The molecule has 4 heteroatoms. The minimum atomic E-state index is 0.642. The van der Waals surface area contributed by atoms with Gasteiger partial charge < -0.3 is 20.5 Å². The third kappa shape index (κ3) is 5.18. The molecule has 0 radical (unpaired) electrons. The van der Waals surface area contributed by atoms with Gasteiger partial charge in [-0.1, -0.05) is 18.2 Å². The molecule has 23 heavy (non-hydrogen) atoms. The summed E-state index contributed by atoms with van der Waals surface area (Å²) in [6.07, 6.45) is 3.16. The highest BCUT2D eigenvalue weighted by atomic mass is 16.5. The summed E-state index contributed by atoms with van der Waals surface area (Å²) >= 11 is 0. The SMILES string of the molecule is COc1ccc(CCCc2cccc(NCCN)c2)cc1OC. The van der Waals surface area contributed by atoms with E-state index in [2.05, 4.69) is 41.7 Å². The highest BCUT2D eigenvalue weighted by Gasteiger charge is 2.04. The zero-order valence-electron chi connectivity index (χ0n) is 14.0. The van der Waals surface area contributed by atoms with Crippen LogP contribution in [-0.2, 0) is 12.8 Å². The maximum Gasteiger partial charge on any atom is 0.160 e. The molecule has 3 N–H and O–H groups in total. The van der Waals surface area contributed by atoms with E-state index in [1.54, 1.807) is 14.2 Å². The van der Waals surface area contributed by atoms with E-state index in [9.17, 15) is 0 Å². The van der Waals surface area contributed by atoms with Gasteiger partial charge in [-0.2, -0.15) is 0 Å². The number of benzene rings is 2. The first kappa shape index (κ1) is 17.2. The molecule has 2 aromatic rings. The highest BCUT2D eigenvalue weighted by Crippen LogP contribution is 2.28. The average Bonchev–Trinajstić information content (AvgIpc) is 2.60. The second kappa shape index (κ2) is 9.06. The van der Waals surface area contributed by atoms with Crippen LogP contribution in [0.25, 0.3) is 0 Å². The van der Waals surface area contributed by atoms with Crippen LogP contribution in [0.4, 0.5) is 5.69 Å². The van der Waals surface area contributed by atoms with Crippen LogP contribution in [0, 0.1) is 0 Å². The molecule has 0 aliphatic heterocycles. The van der Waals surface area contributed by atoms with Crippen molar-refractivity contribution in [3.05, 3.63) is 53.6 Å².